The normalized spacial score (nSPS) is 12.3. The standard InChI is InChI=1S/C17H17BrClN3O6S/c1-7-3-10(17(26)21-8(2)16(20)25)14(23)12(4-7)22-29(27,28)13-6-9(18)5-11(19)15(13)24/h3-6,8,22-24H,1-2H3,(H2,20,25)(H,21,26). The third-order valence-electron chi connectivity index (χ3n) is 3.80. The fourth-order valence-corrected chi connectivity index (χ4v) is 4.54. The first-order valence-electron chi connectivity index (χ1n) is 7.98. The number of halogens is 2. The lowest BCUT2D eigenvalue weighted by Crippen LogP contribution is -2.42. The fourth-order valence-electron chi connectivity index (χ4n) is 2.32. The molecule has 2 aromatic carbocycles. The maximum absolute atomic E-state index is 12.7. The molecule has 0 fully saturated rings. The van der Waals surface area contributed by atoms with Gasteiger partial charge in [0.15, 0.2) is 11.5 Å². The van der Waals surface area contributed by atoms with Crippen LogP contribution < -0.4 is 15.8 Å². The van der Waals surface area contributed by atoms with E-state index in [1.54, 1.807) is 6.92 Å². The number of rotatable bonds is 6. The number of amides is 2. The van der Waals surface area contributed by atoms with E-state index in [1.807, 2.05) is 0 Å². The lowest BCUT2D eigenvalue weighted by Gasteiger charge is -2.16. The Kier molecular flexibility index (Phi) is 6.66. The summed E-state index contributed by atoms with van der Waals surface area (Å²) in [4.78, 5) is 22.9. The molecule has 2 aromatic rings. The van der Waals surface area contributed by atoms with E-state index in [1.165, 1.54) is 25.1 Å². The van der Waals surface area contributed by atoms with Crippen molar-refractivity contribution in [3.63, 3.8) is 0 Å². The third-order valence-corrected chi connectivity index (χ3v) is 5.93. The van der Waals surface area contributed by atoms with Crippen LogP contribution in [-0.4, -0.2) is 36.5 Å². The van der Waals surface area contributed by atoms with Crippen molar-refractivity contribution in [1.29, 1.82) is 0 Å². The highest BCUT2D eigenvalue weighted by atomic mass is 79.9. The lowest BCUT2D eigenvalue weighted by molar-refractivity contribution is -0.119. The number of hydrogen-bond donors (Lipinski definition) is 5. The maximum Gasteiger partial charge on any atom is 0.265 e. The molecule has 0 saturated heterocycles. The molecule has 156 valence electrons. The Hall–Kier alpha value is -2.50. The van der Waals surface area contributed by atoms with Crippen molar-refractivity contribution in [2.24, 2.45) is 5.73 Å². The Morgan fingerprint density at radius 2 is 1.79 bits per heavy atom. The zero-order chi connectivity index (χ0) is 22.1. The van der Waals surface area contributed by atoms with E-state index in [2.05, 4.69) is 26.0 Å². The highest BCUT2D eigenvalue weighted by Crippen LogP contribution is 2.37. The number of nitrogens with one attached hydrogen (secondary N) is 2. The second-order valence-corrected chi connectivity index (χ2v) is 9.12. The first-order chi connectivity index (χ1) is 13.3. The molecule has 0 aliphatic carbocycles. The van der Waals surface area contributed by atoms with Crippen molar-refractivity contribution < 1.29 is 28.2 Å². The Bertz CT molecular complexity index is 1110. The van der Waals surface area contributed by atoms with Crippen molar-refractivity contribution >= 4 is 55.1 Å². The highest BCUT2D eigenvalue weighted by Gasteiger charge is 2.25. The molecule has 1 unspecified atom stereocenters. The van der Waals surface area contributed by atoms with Crippen LogP contribution in [0.3, 0.4) is 0 Å². The topological polar surface area (TPSA) is 159 Å². The maximum atomic E-state index is 12.7. The van der Waals surface area contributed by atoms with E-state index in [-0.39, 0.29) is 16.3 Å². The van der Waals surface area contributed by atoms with Crippen LogP contribution >= 0.6 is 27.5 Å². The first kappa shape index (κ1) is 22.8. The van der Waals surface area contributed by atoms with Crippen LogP contribution in [0.15, 0.2) is 33.6 Å². The monoisotopic (exact) mass is 505 g/mol. The van der Waals surface area contributed by atoms with Crippen LogP contribution in [0.5, 0.6) is 11.5 Å². The summed E-state index contributed by atoms with van der Waals surface area (Å²) in [6, 6.07) is 4.02. The first-order valence-corrected chi connectivity index (χ1v) is 10.6. The van der Waals surface area contributed by atoms with Gasteiger partial charge < -0.3 is 21.3 Å². The van der Waals surface area contributed by atoms with Crippen LogP contribution in [0.2, 0.25) is 5.02 Å². The predicted molar refractivity (Wildman–Crippen MR) is 111 cm³/mol. The summed E-state index contributed by atoms with van der Waals surface area (Å²) < 4.78 is 27.9. The molecular formula is C17H17BrClN3O6S. The number of anilines is 1. The number of benzene rings is 2. The molecule has 0 aromatic heterocycles. The zero-order valence-electron chi connectivity index (χ0n) is 15.2. The molecule has 0 aliphatic rings. The Labute approximate surface area is 180 Å². The molecule has 0 radical (unpaired) electrons. The fraction of sp³-hybridized carbons (Fsp3) is 0.176. The smallest absolute Gasteiger partial charge is 0.265 e. The third kappa shape index (κ3) is 5.11. The van der Waals surface area contributed by atoms with Gasteiger partial charge in [-0.15, -0.1) is 0 Å². The molecule has 12 heteroatoms. The van der Waals surface area contributed by atoms with Gasteiger partial charge in [0.05, 0.1) is 16.3 Å². The van der Waals surface area contributed by atoms with Gasteiger partial charge in [-0.05, 0) is 43.7 Å². The van der Waals surface area contributed by atoms with E-state index in [9.17, 15) is 28.2 Å². The summed E-state index contributed by atoms with van der Waals surface area (Å²) in [6.45, 7) is 2.93. The largest absolute Gasteiger partial charge is 0.505 e. The molecule has 0 bridgehead atoms. The van der Waals surface area contributed by atoms with Crippen LogP contribution in [0, 0.1) is 6.92 Å². The molecule has 2 amide bonds. The molecule has 0 aliphatic heterocycles. The molecule has 29 heavy (non-hydrogen) atoms. The van der Waals surface area contributed by atoms with Gasteiger partial charge in [-0.1, -0.05) is 27.5 Å². The van der Waals surface area contributed by atoms with Gasteiger partial charge in [-0.3, -0.25) is 14.3 Å². The number of phenolic OH excluding ortho intramolecular Hbond substituents is 2. The van der Waals surface area contributed by atoms with Crippen molar-refractivity contribution in [3.8, 4) is 11.5 Å². The van der Waals surface area contributed by atoms with E-state index in [4.69, 9.17) is 17.3 Å². The minimum absolute atomic E-state index is 0.200. The number of hydrogen-bond acceptors (Lipinski definition) is 6. The van der Waals surface area contributed by atoms with Crippen LogP contribution in [0.4, 0.5) is 5.69 Å². The number of aromatic hydroxyl groups is 2. The molecule has 2 rings (SSSR count). The lowest BCUT2D eigenvalue weighted by atomic mass is 10.1. The molecule has 0 saturated carbocycles. The van der Waals surface area contributed by atoms with E-state index < -0.39 is 44.3 Å². The van der Waals surface area contributed by atoms with Gasteiger partial charge in [0, 0.05) is 4.47 Å². The number of primary amides is 1. The Morgan fingerprint density at radius 3 is 2.38 bits per heavy atom. The average molecular weight is 507 g/mol. The van der Waals surface area contributed by atoms with E-state index in [0.717, 1.165) is 6.07 Å². The summed E-state index contributed by atoms with van der Waals surface area (Å²) in [6.07, 6.45) is 0. The van der Waals surface area contributed by atoms with Crippen LogP contribution in [0.25, 0.3) is 0 Å². The quantitative estimate of drug-likeness (QED) is 0.378. The number of phenols is 2. The second kappa shape index (κ2) is 8.47. The molecule has 0 heterocycles. The summed E-state index contributed by atoms with van der Waals surface area (Å²) in [5.74, 6) is -2.96. The van der Waals surface area contributed by atoms with Gasteiger partial charge in [0.1, 0.15) is 10.9 Å². The zero-order valence-corrected chi connectivity index (χ0v) is 18.3. The average Bonchev–Trinajstić information content (AvgIpc) is 2.60. The van der Waals surface area contributed by atoms with Crippen LogP contribution in [-0.2, 0) is 14.8 Å². The predicted octanol–water partition coefficient (Wildman–Crippen LogP) is 2.23. The minimum atomic E-state index is -4.39. The number of nitrogens with two attached hydrogens (primary N) is 1. The summed E-state index contributed by atoms with van der Waals surface area (Å²) in [7, 11) is -4.39. The Morgan fingerprint density at radius 1 is 1.17 bits per heavy atom. The number of aryl methyl sites for hydroxylation is 1. The molecule has 1 atom stereocenters. The van der Waals surface area contributed by atoms with E-state index in [0.29, 0.717) is 10.0 Å². The molecule has 0 spiro atoms. The molecular weight excluding hydrogens is 490 g/mol. The number of carbonyl (C=O) groups is 2. The summed E-state index contributed by atoms with van der Waals surface area (Å²) >= 11 is 8.90. The number of carbonyl (C=O) groups excluding carboxylic acids is 2. The summed E-state index contributed by atoms with van der Waals surface area (Å²) in [5, 5.41) is 22.5. The van der Waals surface area contributed by atoms with Crippen molar-refractivity contribution in [2.45, 2.75) is 24.8 Å². The SMILES string of the molecule is Cc1cc(NS(=O)(=O)c2cc(Br)cc(Cl)c2O)c(O)c(C(=O)NC(C)C(N)=O)c1. The van der Waals surface area contributed by atoms with Gasteiger partial charge in [0.2, 0.25) is 5.91 Å². The van der Waals surface area contributed by atoms with E-state index >= 15 is 0 Å². The Balaban J connectivity index is 2.48. The number of sulfonamides is 1. The van der Waals surface area contributed by atoms with Gasteiger partial charge in [-0.25, -0.2) is 8.42 Å². The minimum Gasteiger partial charge on any atom is -0.505 e. The van der Waals surface area contributed by atoms with Gasteiger partial charge >= 0.3 is 0 Å². The van der Waals surface area contributed by atoms with Crippen LogP contribution in [0.1, 0.15) is 22.8 Å². The second-order valence-electron chi connectivity index (χ2n) is 6.15. The molecule has 9 nitrogen and oxygen atoms in total. The van der Waals surface area contributed by atoms with Gasteiger partial charge in [-0.2, -0.15) is 0 Å². The highest BCUT2D eigenvalue weighted by molar-refractivity contribution is 9.10. The molecule has 6 N–H and O–H groups in total. The van der Waals surface area contributed by atoms with Crippen molar-refractivity contribution in [1.82, 2.24) is 5.32 Å². The van der Waals surface area contributed by atoms with Crippen molar-refractivity contribution in [2.75, 3.05) is 4.72 Å². The van der Waals surface area contributed by atoms with Gasteiger partial charge in [0.25, 0.3) is 15.9 Å². The summed E-state index contributed by atoms with van der Waals surface area (Å²) in [5.41, 5.74) is 4.96. The van der Waals surface area contributed by atoms with Crippen molar-refractivity contribution in [3.05, 3.63) is 44.9 Å².